The lowest BCUT2D eigenvalue weighted by atomic mass is 9.98. The number of nitrogens with one attached hydrogen (secondary N) is 1. The highest BCUT2D eigenvalue weighted by atomic mass is 16.2. The molecule has 1 N–H and O–H groups in total. The number of carbonyl (C=O) groups excluding carboxylic acids is 2. The van der Waals surface area contributed by atoms with Crippen LogP contribution in [0.1, 0.15) is 49.3 Å². The maximum Gasteiger partial charge on any atom is 0.243 e. The van der Waals surface area contributed by atoms with E-state index in [-0.39, 0.29) is 29.8 Å². The summed E-state index contributed by atoms with van der Waals surface area (Å²) in [4.78, 5) is 27.9. The van der Waals surface area contributed by atoms with Crippen LogP contribution in [-0.2, 0) is 9.59 Å². The Labute approximate surface area is 160 Å². The van der Waals surface area contributed by atoms with E-state index in [0.717, 1.165) is 18.4 Å². The van der Waals surface area contributed by atoms with Crippen molar-refractivity contribution in [2.45, 2.75) is 44.2 Å². The summed E-state index contributed by atoms with van der Waals surface area (Å²) in [5.41, 5.74) is 2.28. The van der Waals surface area contributed by atoms with Gasteiger partial charge in [0.25, 0.3) is 0 Å². The summed E-state index contributed by atoms with van der Waals surface area (Å²) in [7, 11) is 0. The van der Waals surface area contributed by atoms with Crippen molar-refractivity contribution in [3.05, 3.63) is 71.8 Å². The largest absolute Gasteiger partial charge is 0.346 e. The van der Waals surface area contributed by atoms with Gasteiger partial charge in [-0.1, -0.05) is 74.0 Å². The number of hydrogen-bond acceptors (Lipinski definition) is 2. The first kappa shape index (κ1) is 17.8. The van der Waals surface area contributed by atoms with E-state index in [1.54, 1.807) is 0 Å². The van der Waals surface area contributed by atoms with Gasteiger partial charge in [-0.15, -0.1) is 0 Å². The minimum Gasteiger partial charge on any atom is -0.346 e. The van der Waals surface area contributed by atoms with Crippen molar-refractivity contribution in [2.24, 2.45) is 5.92 Å². The highest BCUT2D eigenvalue weighted by Gasteiger charge is 2.49. The lowest BCUT2D eigenvalue weighted by Gasteiger charge is -2.40. The summed E-state index contributed by atoms with van der Waals surface area (Å²) in [6, 6.07) is 19.7. The van der Waals surface area contributed by atoms with Crippen molar-refractivity contribution >= 4 is 11.8 Å². The Balaban J connectivity index is 1.54. The molecule has 4 nitrogen and oxygen atoms in total. The molecule has 1 saturated heterocycles. The molecular weight excluding hydrogens is 336 g/mol. The Morgan fingerprint density at radius 1 is 1.04 bits per heavy atom. The topological polar surface area (TPSA) is 49.4 Å². The van der Waals surface area contributed by atoms with Crippen molar-refractivity contribution in [3.63, 3.8) is 0 Å². The average molecular weight is 362 g/mol. The lowest BCUT2D eigenvalue weighted by molar-refractivity contribution is -0.146. The summed E-state index contributed by atoms with van der Waals surface area (Å²) in [5.74, 6) is 0.413. The zero-order valence-electron chi connectivity index (χ0n) is 15.7. The molecule has 1 heterocycles. The minimum atomic E-state index is -0.348. The minimum absolute atomic E-state index is 0.00841. The van der Waals surface area contributed by atoms with Crippen molar-refractivity contribution in [1.82, 2.24) is 10.2 Å². The number of carbonyl (C=O) groups is 2. The summed E-state index contributed by atoms with van der Waals surface area (Å²) in [5, 5.41) is 3.12. The Hall–Kier alpha value is -2.62. The number of nitrogens with zero attached hydrogens (tertiary/aromatic N) is 1. The molecule has 1 aliphatic heterocycles. The highest BCUT2D eigenvalue weighted by molar-refractivity contribution is 5.91. The van der Waals surface area contributed by atoms with Crippen LogP contribution < -0.4 is 5.32 Å². The quantitative estimate of drug-likeness (QED) is 0.882. The first-order valence-electron chi connectivity index (χ1n) is 9.89. The molecule has 2 amide bonds. The van der Waals surface area contributed by atoms with Crippen molar-refractivity contribution in [1.29, 1.82) is 0 Å². The number of rotatable bonds is 5. The highest BCUT2D eigenvalue weighted by Crippen LogP contribution is 2.49. The second-order valence-electron chi connectivity index (χ2n) is 7.63. The van der Waals surface area contributed by atoms with Gasteiger partial charge in [0.2, 0.25) is 11.8 Å². The molecule has 2 fully saturated rings. The van der Waals surface area contributed by atoms with Gasteiger partial charge in [-0.3, -0.25) is 9.59 Å². The molecule has 4 unspecified atom stereocenters. The Morgan fingerprint density at radius 3 is 2.30 bits per heavy atom. The van der Waals surface area contributed by atoms with E-state index in [9.17, 15) is 9.59 Å². The smallest absolute Gasteiger partial charge is 0.243 e. The van der Waals surface area contributed by atoms with Gasteiger partial charge in [-0.25, -0.2) is 0 Å². The fraction of sp³-hybridized carbons (Fsp3) is 0.391. The van der Waals surface area contributed by atoms with Crippen LogP contribution in [0.3, 0.4) is 0 Å². The molecule has 140 valence electrons. The summed E-state index contributed by atoms with van der Waals surface area (Å²) < 4.78 is 0. The van der Waals surface area contributed by atoms with E-state index >= 15 is 0 Å². The van der Waals surface area contributed by atoms with Crippen LogP contribution in [0.15, 0.2) is 60.7 Å². The predicted octanol–water partition coefficient (Wildman–Crippen LogP) is 3.66. The van der Waals surface area contributed by atoms with Gasteiger partial charge in [-0.2, -0.15) is 0 Å². The molecule has 0 aromatic heterocycles. The van der Waals surface area contributed by atoms with Crippen molar-refractivity contribution < 1.29 is 9.59 Å². The van der Waals surface area contributed by atoms with Crippen LogP contribution in [0.25, 0.3) is 0 Å². The molecule has 27 heavy (non-hydrogen) atoms. The molecule has 4 atom stereocenters. The fourth-order valence-electron chi connectivity index (χ4n) is 4.21. The van der Waals surface area contributed by atoms with Gasteiger partial charge >= 0.3 is 0 Å². The van der Waals surface area contributed by atoms with Gasteiger partial charge < -0.3 is 10.2 Å². The summed E-state index contributed by atoms with van der Waals surface area (Å²) in [6.07, 6.45) is 2.47. The molecule has 2 aliphatic rings. The van der Waals surface area contributed by atoms with Crippen LogP contribution in [0.5, 0.6) is 0 Å². The van der Waals surface area contributed by atoms with Crippen molar-refractivity contribution in [3.8, 4) is 0 Å². The van der Waals surface area contributed by atoms with Crippen LogP contribution in [0, 0.1) is 5.92 Å². The second-order valence-corrected chi connectivity index (χ2v) is 7.63. The molecule has 0 radical (unpaired) electrons. The van der Waals surface area contributed by atoms with Crippen LogP contribution in [-0.4, -0.2) is 29.3 Å². The van der Waals surface area contributed by atoms with Crippen LogP contribution >= 0.6 is 0 Å². The Bertz CT molecular complexity index is 806. The predicted molar refractivity (Wildman–Crippen MR) is 105 cm³/mol. The van der Waals surface area contributed by atoms with Crippen LogP contribution in [0.4, 0.5) is 0 Å². The molecule has 2 aromatic carbocycles. The average Bonchev–Trinajstić information content (AvgIpc) is 3.51. The molecule has 1 aliphatic carbocycles. The second kappa shape index (κ2) is 7.55. The third-order valence-corrected chi connectivity index (χ3v) is 5.76. The maximum absolute atomic E-state index is 13.3. The number of benzene rings is 2. The van der Waals surface area contributed by atoms with Gasteiger partial charge in [0.1, 0.15) is 6.04 Å². The molecule has 0 spiro atoms. The maximum atomic E-state index is 13.3. The van der Waals surface area contributed by atoms with E-state index in [4.69, 9.17) is 0 Å². The van der Waals surface area contributed by atoms with E-state index in [2.05, 4.69) is 24.4 Å². The van der Waals surface area contributed by atoms with Crippen molar-refractivity contribution in [2.75, 3.05) is 6.54 Å². The van der Waals surface area contributed by atoms with Gasteiger partial charge in [0.05, 0.1) is 6.04 Å². The molecule has 4 heteroatoms. The Kier molecular flexibility index (Phi) is 4.97. The molecule has 2 aromatic rings. The number of amides is 2. The zero-order valence-corrected chi connectivity index (χ0v) is 15.7. The van der Waals surface area contributed by atoms with Crippen LogP contribution in [0.2, 0.25) is 0 Å². The van der Waals surface area contributed by atoms with Gasteiger partial charge in [0, 0.05) is 12.5 Å². The third-order valence-electron chi connectivity index (χ3n) is 5.76. The van der Waals surface area contributed by atoms with Gasteiger partial charge in [0.15, 0.2) is 0 Å². The first-order valence-corrected chi connectivity index (χ1v) is 9.89. The summed E-state index contributed by atoms with van der Waals surface area (Å²) in [6.45, 7) is 2.61. The number of piperazine rings is 1. The fourth-order valence-corrected chi connectivity index (χ4v) is 4.21. The number of hydrogen-bond donors (Lipinski definition) is 1. The third kappa shape index (κ3) is 3.61. The standard InChI is InChI=1S/C23H26N2O2/c1-2-9-21-22(26)24-20(17-12-7-4-8-13-17)15-25(21)23(27)19-14-18(19)16-10-5-3-6-11-16/h3-8,10-13,18-21H,2,9,14-15H2,1H3,(H,24,26). The summed E-state index contributed by atoms with van der Waals surface area (Å²) >= 11 is 0. The monoisotopic (exact) mass is 362 g/mol. The van der Waals surface area contributed by atoms with Gasteiger partial charge in [-0.05, 0) is 29.9 Å². The van der Waals surface area contributed by atoms with E-state index < -0.39 is 0 Å². The molecule has 1 saturated carbocycles. The molecule has 4 rings (SSSR count). The lowest BCUT2D eigenvalue weighted by Crippen LogP contribution is -2.58. The zero-order chi connectivity index (χ0) is 18.8. The SMILES string of the molecule is CCCC1C(=O)NC(c2ccccc2)CN1C(=O)C1CC1c1ccccc1. The first-order chi connectivity index (χ1) is 13.2. The normalized spacial score (nSPS) is 27.1. The molecular formula is C23H26N2O2. The molecule has 0 bridgehead atoms. The Morgan fingerprint density at radius 2 is 1.67 bits per heavy atom. The van der Waals surface area contributed by atoms with E-state index in [0.29, 0.717) is 18.9 Å². The van der Waals surface area contributed by atoms with E-state index in [1.807, 2.05) is 53.4 Å². The van der Waals surface area contributed by atoms with E-state index in [1.165, 1.54) is 5.56 Å².